The van der Waals surface area contributed by atoms with E-state index < -0.39 is 17.5 Å². The fourth-order valence-electron chi connectivity index (χ4n) is 3.32. The van der Waals surface area contributed by atoms with Gasteiger partial charge in [0.1, 0.15) is 28.9 Å². The molecule has 2 aromatic carbocycles. The second-order valence-electron chi connectivity index (χ2n) is 8.30. The number of benzene rings is 2. The molecule has 1 heterocycles. The van der Waals surface area contributed by atoms with E-state index in [4.69, 9.17) is 18.9 Å². The van der Waals surface area contributed by atoms with Gasteiger partial charge in [-0.1, -0.05) is 0 Å². The van der Waals surface area contributed by atoms with E-state index in [0.717, 1.165) is 0 Å². The molecular weight excluding hydrogens is 398 g/mol. The molecule has 3 rings (SSSR count). The Morgan fingerprint density at radius 2 is 1.90 bits per heavy atom. The highest BCUT2D eigenvalue weighted by Crippen LogP contribution is 2.40. The number of aryl methyl sites for hydroxylation is 1. The van der Waals surface area contributed by atoms with Crippen molar-refractivity contribution in [1.29, 1.82) is 5.26 Å². The maximum atomic E-state index is 12.3. The van der Waals surface area contributed by atoms with Gasteiger partial charge in [0, 0.05) is 11.6 Å². The number of carbonyl (C=O) groups is 2. The standard InChI is InChI=1S/C24H25NO6/c1-14-10-15(22(26)31-24(2,3)4)6-7-19(14)30-20-12-21-18(11-16(20)13-25)17(8-9-29-21)23(27)28-5/h6-7,10-12,17H,8-9H2,1-5H3. The molecular formula is C24H25NO6. The summed E-state index contributed by atoms with van der Waals surface area (Å²) in [6, 6.07) is 10.3. The number of ether oxygens (including phenoxy) is 4. The van der Waals surface area contributed by atoms with E-state index in [-0.39, 0.29) is 11.5 Å². The van der Waals surface area contributed by atoms with Crippen molar-refractivity contribution in [2.24, 2.45) is 0 Å². The molecule has 0 fully saturated rings. The second kappa shape index (κ2) is 8.68. The van der Waals surface area contributed by atoms with Crippen LogP contribution in [0.15, 0.2) is 30.3 Å². The zero-order valence-corrected chi connectivity index (χ0v) is 18.3. The molecule has 0 radical (unpaired) electrons. The molecule has 1 unspecified atom stereocenters. The van der Waals surface area contributed by atoms with Gasteiger partial charge >= 0.3 is 11.9 Å². The zero-order valence-electron chi connectivity index (χ0n) is 18.3. The summed E-state index contributed by atoms with van der Waals surface area (Å²) in [4.78, 5) is 24.4. The average molecular weight is 423 g/mol. The summed E-state index contributed by atoms with van der Waals surface area (Å²) in [5.74, 6) is 0.0129. The molecule has 0 spiro atoms. The maximum absolute atomic E-state index is 12.3. The zero-order chi connectivity index (χ0) is 22.8. The Morgan fingerprint density at radius 1 is 1.16 bits per heavy atom. The Labute approximate surface area is 181 Å². The summed E-state index contributed by atoms with van der Waals surface area (Å²) in [6.45, 7) is 7.59. The van der Waals surface area contributed by atoms with E-state index in [9.17, 15) is 14.9 Å². The molecule has 0 aromatic heterocycles. The smallest absolute Gasteiger partial charge is 0.338 e. The fraction of sp³-hybridized carbons (Fsp3) is 0.375. The van der Waals surface area contributed by atoms with Gasteiger partial charge in [0.15, 0.2) is 0 Å². The molecule has 7 heteroatoms. The first kappa shape index (κ1) is 22.2. The second-order valence-corrected chi connectivity index (χ2v) is 8.30. The lowest BCUT2D eigenvalue weighted by Crippen LogP contribution is -2.23. The minimum absolute atomic E-state index is 0.272. The summed E-state index contributed by atoms with van der Waals surface area (Å²) in [5, 5.41) is 9.63. The van der Waals surface area contributed by atoms with Crippen LogP contribution in [0.3, 0.4) is 0 Å². The number of esters is 2. The predicted octanol–water partition coefficient (Wildman–Crippen LogP) is 4.65. The van der Waals surface area contributed by atoms with Crippen LogP contribution in [0, 0.1) is 18.3 Å². The van der Waals surface area contributed by atoms with E-state index >= 15 is 0 Å². The Hall–Kier alpha value is -3.53. The van der Waals surface area contributed by atoms with Crippen LogP contribution in [-0.2, 0) is 14.3 Å². The predicted molar refractivity (Wildman–Crippen MR) is 112 cm³/mol. The molecule has 7 nitrogen and oxygen atoms in total. The molecule has 0 aliphatic carbocycles. The van der Waals surface area contributed by atoms with Gasteiger partial charge in [-0.05, 0) is 63.9 Å². The molecule has 1 aliphatic heterocycles. The van der Waals surface area contributed by atoms with Gasteiger partial charge in [-0.15, -0.1) is 0 Å². The van der Waals surface area contributed by atoms with Crippen LogP contribution >= 0.6 is 0 Å². The topological polar surface area (TPSA) is 94.8 Å². The summed E-state index contributed by atoms with van der Waals surface area (Å²) >= 11 is 0. The molecule has 0 bridgehead atoms. The Bertz CT molecular complexity index is 1060. The van der Waals surface area contributed by atoms with Gasteiger partial charge in [0.25, 0.3) is 0 Å². The number of methoxy groups -OCH3 is 1. The Morgan fingerprint density at radius 3 is 2.52 bits per heavy atom. The van der Waals surface area contributed by atoms with Crippen LogP contribution < -0.4 is 9.47 Å². The highest BCUT2D eigenvalue weighted by atomic mass is 16.6. The van der Waals surface area contributed by atoms with Gasteiger partial charge in [-0.25, -0.2) is 4.79 Å². The van der Waals surface area contributed by atoms with E-state index in [1.165, 1.54) is 7.11 Å². The van der Waals surface area contributed by atoms with Crippen molar-refractivity contribution in [3.8, 4) is 23.3 Å². The summed E-state index contributed by atoms with van der Waals surface area (Å²) in [7, 11) is 1.34. The number of rotatable bonds is 4. The van der Waals surface area contributed by atoms with Crippen LogP contribution in [0.4, 0.5) is 0 Å². The van der Waals surface area contributed by atoms with Crippen molar-refractivity contribution in [1.82, 2.24) is 0 Å². The molecule has 1 atom stereocenters. The molecule has 162 valence electrons. The third kappa shape index (κ3) is 4.97. The van der Waals surface area contributed by atoms with Crippen molar-refractivity contribution in [3.05, 3.63) is 52.6 Å². The summed E-state index contributed by atoms with van der Waals surface area (Å²) in [5.41, 5.74) is 1.41. The van der Waals surface area contributed by atoms with Gasteiger partial charge in [0.05, 0.1) is 30.8 Å². The van der Waals surface area contributed by atoms with Crippen molar-refractivity contribution in [2.45, 2.75) is 45.6 Å². The molecule has 0 saturated heterocycles. The molecule has 0 amide bonds. The minimum Gasteiger partial charge on any atom is -0.493 e. The lowest BCUT2D eigenvalue weighted by atomic mass is 9.91. The summed E-state index contributed by atoms with van der Waals surface area (Å²) in [6.07, 6.45) is 0.482. The molecule has 31 heavy (non-hydrogen) atoms. The van der Waals surface area contributed by atoms with Gasteiger partial charge in [0.2, 0.25) is 0 Å². The normalized spacial score (nSPS) is 15.2. The monoisotopic (exact) mass is 423 g/mol. The first-order valence-corrected chi connectivity index (χ1v) is 9.93. The Balaban J connectivity index is 1.90. The number of hydrogen-bond donors (Lipinski definition) is 0. The first-order chi connectivity index (χ1) is 14.6. The maximum Gasteiger partial charge on any atom is 0.338 e. The molecule has 1 aliphatic rings. The molecule has 2 aromatic rings. The van der Waals surface area contributed by atoms with Crippen molar-refractivity contribution < 1.29 is 28.5 Å². The van der Waals surface area contributed by atoms with Crippen molar-refractivity contribution in [2.75, 3.05) is 13.7 Å². The van der Waals surface area contributed by atoms with Crippen LogP contribution in [0.2, 0.25) is 0 Å². The van der Waals surface area contributed by atoms with Crippen molar-refractivity contribution in [3.63, 3.8) is 0 Å². The number of hydrogen-bond acceptors (Lipinski definition) is 7. The summed E-state index contributed by atoms with van der Waals surface area (Å²) < 4.78 is 22.0. The number of nitrogens with zero attached hydrogens (tertiary/aromatic N) is 1. The van der Waals surface area contributed by atoms with Gasteiger partial charge < -0.3 is 18.9 Å². The number of nitriles is 1. The van der Waals surface area contributed by atoms with Crippen LogP contribution in [0.25, 0.3) is 0 Å². The highest BCUT2D eigenvalue weighted by molar-refractivity contribution is 5.90. The van der Waals surface area contributed by atoms with Crippen molar-refractivity contribution >= 4 is 11.9 Å². The largest absolute Gasteiger partial charge is 0.493 e. The Kier molecular flexibility index (Phi) is 6.21. The first-order valence-electron chi connectivity index (χ1n) is 9.93. The lowest BCUT2D eigenvalue weighted by molar-refractivity contribution is -0.143. The van der Waals surface area contributed by atoms with Crippen LogP contribution in [-0.4, -0.2) is 31.3 Å². The third-order valence-electron chi connectivity index (χ3n) is 4.79. The SMILES string of the molecule is COC(=O)C1CCOc2cc(Oc3ccc(C(=O)OC(C)(C)C)cc3C)c(C#N)cc21. The van der Waals surface area contributed by atoms with E-state index in [2.05, 4.69) is 6.07 Å². The number of carbonyl (C=O) groups excluding carboxylic acids is 2. The lowest BCUT2D eigenvalue weighted by Gasteiger charge is -2.25. The van der Waals surface area contributed by atoms with E-state index in [1.807, 2.05) is 20.8 Å². The van der Waals surface area contributed by atoms with Gasteiger partial charge in [-0.3, -0.25) is 4.79 Å². The van der Waals surface area contributed by atoms with Gasteiger partial charge in [-0.2, -0.15) is 5.26 Å². The molecule has 0 saturated carbocycles. The average Bonchev–Trinajstić information content (AvgIpc) is 2.72. The van der Waals surface area contributed by atoms with E-state index in [1.54, 1.807) is 37.3 Å². The third-order valence-corrected chi connectivity index (χ3v) is 4.79. The van der Waals surface area contributed by atoms with Crippen LogP contribution in [0.5, 0.6) is 17.2 Å². The fourth-order valence-corrected chi connectivity index (χ4v) is 3.32. The highest BCUT2D eigenvalue weighted by Gasteiger charge is 2.30. The molecule has 0 N–H and O–H groups in total. The van der Waals surface area contributed by atoms with E-state index in [0.29, 0.717) is 47.0 Å². The number of fused-ring (bicyclic) bond motifs is 1. The quantitative estimate of drug-likeness (QED) is 0.660. The van der Waals surface area contributed by atoms with Crippen LogP contribution in [0.1, 0.15) is 60.2 Å². The minimum atomic E-state index is -0.590.